The van der Waals surface area contributed by atoms with Crippen LogP contribution in [0.2, 0.25) is 0 Å². The highest BCUT2D eigenvalue weighted by Crippen LogP contribution is 2.14. The van der Waals surface area contributed by atoms with E-state index in [2.05, 4.69) is 69.4 Å². The molecular formula is C52H92O6. The van der Waals surface area contributed by atoms with Crippen LogP contribution >= 0.6 is 0 Å². The Morgan fingerprint density at radius 1 is 0.362 bits per heavy atom. The van der Waals surface area contributed by atoms with Crippen LogP contribution in [0.25, 0.3) is 0 Å². The van der Waals surface area contributed by atoms with Gasteiger partial charge in [0.15, 0.2) is 6.10 Å². The second-order valence-corrected chi connectivity index (χ2v) is 16.3. The summed E-state index contributed by atoms with van der Waals surface area (Å²) in [6, 6.07) is 0. The molecule has 0 aliphatic heterocycles. The van der Waals surface area contributed by atoms with E-state index in [0.717, 1.165) is 96.3 Å². The molecule has 58 heavy (non-hydrogen) atoms. The molecule has 0 aromatic rings. The van der Waals surface area contributed by atoms with Crippen molar-refractivity contribution in [1.82, 2.24) is 0 Å². The number of carbonyl (C=O) groups excluding carboxylic acids is 3. The summed E-state index contributed by atoms with van der Waals surface area (Å²) in [7, 11) is 0. The van der Waals surface area contributed by atoms with Crippen molar-refractivity contribution in [3.05, 3.63) is 48.6 Å². The molecule has 0 aliphatic carbocycles. The van der Waals surface area contributed by atoms with Crippen molar-refractivity contribution < 1.29 is 28.6 Å². The van der Waals surface area contributed by atoms with Gasteiger partial charge in [0, 0.05) is 19.3 Å². The molecule has 0 bridgehead atoms. The maximum Gasteiger partial charge on any atom is 0.306 e. The fourth-order valence-corrected chi connectivity index (χ4v) is 6.81. The molecule has 0 spiro atoms. The van der Waals surface area contributed by atoms with Gasteiger partial charge in [-0.25, -0.2) is 0 Å². The molecule has 0 saturated carbocycles. The Balaban J connectivity index is 4.35. The fourth-order valence-electron chi connectivity index (χ4n) is 6.81. The topological polar surface area (TPSA) is 78.9 Å². The number of hydrogen-bond acceptors (Lipinski definition) is 6. The summed E-state index contributed by atoms with van der Waals surface area (Å²) in [5.74, 6) is -0.910. The summed E-state index contributed by atoms with van der Waals surface area (Å²) in [4.78, 5) is 37.8. The molecule has 0 aromatic heterocycles. The number of ether oxygens (including phenoxy) is 3. The van der Waals surface area contributed by atoms with Gasteiger partial charge in [-0.3, -0.25) is 14.4 Å². The third-order valence-corrected chi connectivity index (χ3v) is 10.5. The van der Waals surface area contributed by atoms with E-state index in [9.17, 15) is 14.4 Å². The largest absolute Gasteiger partial charge is 0.462 e. The van der Waals surface area contributed by atoms with Gasteiger partial charge in [-0.2, -0.15) is 0 Å². The highest BCUT2D eigenvalue weighted by Gasteiger charge is 2.19. The highest BCUT2D eigenvalue weighted by atomic mass is 16.6. The molecule has 0 N–H and O–H groups in total. The predicted octanol–water partition coefficient (Wildman–Crippen LogP) is 15.9. The molecule has 0 aromatic carbocycles. The second kappa shape index (κ2) is 47.1. The van der Waals surface area contributed by atoms with Crippen molar-refractivity contribution >= 4 is 17.9 Å². The van der Waals surface area contributed by atoms with E-state index in [4.69, 9.17) is 14.2 Å². The van der Waals surface area contributed by atoms with Crippen LogP contribution in [-0.4, -0.2) is 37.2 Å². The van der Waals surface area contributed by atoms with E-state index in [0.29, 0.717) is 19.3 Å². The lowest BCUT2D eigenvalue weighted by Crippen LogP contribution is -2.30. The average Bonchev–Trinajstić information content (AvgIpc) is 3.22. The van der Waals surface area contributed by atoms with Crippen LogP contribution in [-0.2, 0) is 28.6 Å². The van der Waals surface area contributed by atoms with E-state index in [1.54, 1.807) is 0 Å². The van der Waals surface area contributed by atoms with Crippen molar-refractivity contribution in [1.29, 1.82) is 0 Å². The smallest absolute Gasteiger partial charge is 0.306 e. The van der Waals surface area contributed by atoms with Gasteiger partial charge in [-0.15, -0.1) is 0 Å². The van der Waals surface area contributed by atoms with E-state index < -0.39 is 6.10 Å². The predicted molar refractivity (Wildman–Crippen MR) is 247 cm³/mol. The van der Waals surface area contributed by atoms with Crippen molar-refractivity contribution in [3.8, 4) is 0 Å². The molecule has 0 rings (SSSR count). The minimum Gasteiger partial charge on any atom is -0.462 e. The molecule has 336 valence electrons. The SMILES string of the molecule is CC/C=C\C/C=C\CCCCCCCC(=O)OC(COC(=O)CCCCCCC/C=C\CCCC)COC(=O)CCCCCCCCC/C=C\CCCCCCCC. The van der Waals surface area contributed by atoms with Crippen LogP contribution < -0.4 is 0 Å². The zero-order valence-electron chi connectivity index (χ0n) is 38.3. The quantitative estimate of drug-likeness (QED) is 0.0264. The Morgan fingerprint density at radius 2 is 0.690 bits per heavy atom. The lowest BCUT2D eigenvalue weighted by atomic mass is 10.1. The zero-order valence-corrected chi connectivity index (χ0v) is 38.3. The monoisotopic (exact) mass is 813 g/mol. The van der Waals surface area contributed by atoms with Crippen LogP contribution in [0.1, 0.15) is 245 Å². The first kappa shape index (κ1) is 55.4. The Hall–Kier alpha value is -2.63. The molecule has 6 nitrogen and oxygen atoms in total. The van der Waals surface area contributed by atoms with Crippen molar-refractivity contribution in [2.45, 2.75) is 252 Å². The summed E-state index contributed by atoms with van der Waals surface area (Å²) in [5.41, 5.74) is 0. The molecule has 0 amide bonds. The van der Waals surface area contributed by atoms with Gasteiger partial charge < -0.3 is 14.2 Å². The highest BCUT2D eigenvalue weighted by molar-refractivity contribution is 5.71. The normalized spacial score (nSPS) is 12.4. The lowest BCUT2D eigenvalue weighted by Gasteiger charge is -2.18. The summed E-state index contributed by atoms with van der Waals surface area (Å²) in [6.07, 6.45) is 55.2. The fraction of sp³-hybridized carbons (Fsp3) is 0.788. The third-order valence-electron chi connectivity index (χ3n) is 10.5. The van der Waals surface area contributed by atoms with Crippen molar-refractivity contribution in [2.75, 3.05) is 13.2 Å². The first-order valence-electron chi connectivity index (χ1n) is 24.6. The molecular weight excluding hydrogens is 721 g/mol. The van der Waals surface area contributed by atoms with Crippen LogP contribution in [0, 0.1) is 0 Å². The minimum absolute atomic E-state index is 0.0834. The Morgan fingerprint density at radius 3 is 1.10 bits per heavy atom. The molecule has 6 heteroatoms. The van der Waals surface area contributed by atoms with Gasteiger partial charge in [-0.05, 0) is 89.9 Å². The van der Waals surface area contributed by atoms with Crippen LogP contribution in [0.5, 0.6) is 0 Å². The number of hydrogen-bond donors (Lipinski definition) is 0. The Bertz CT molecular complexity index is 1030. The Kier molecular flexibility index (Phi) is 44.9. The minimum atomic E-state index is -0.782. The number of esters is 3. The van der Waals surface area contributed by atoms with E-state index in [1.807, 2.05) is 0 Å². The van der Waals surface area contributed by atoms with Gasteiger partial charge in [0.05, 0.1) is 0 Å². The maximum atomic E-state index is 12.7. The van der Waals surface area contributed by atoms with Gasteiger partial charge in [0.25, 0.3) is 0 Å². The van der Waals surface area contributed by atoms with Crippen LogP contribution in [0.4, 0.5) is 0 Å². The zero-order chi connectivity index (χ0) is 42.3. The van der Waals surface area contributed by atoms with Gasteiger partial charge in [0.1, 0.15) is 13.2 Å². The van der Waals surface area contributed by atoms with Gasteiger partial charge >= 0.3 is 17.9 Å². The van der Waals surface area contributed by atoms with Crippen LogP contribution in [0.3, 0.4) is 0 Å². The number of carbonyl (C=O) groups is 3. The standard InChI is InChI=1S/C52H92O6/c1-4-7-10-13-16-19-22-24-25-26-27-28-31-33-36-39-42-45-51(54)57-48-49(47-56-50(53)44-41-38-35-32-29-21-18-15-12-9-6-3)58-52(55)46-43-40-37-34-30-23-20-17-14-11-8-5-2/h8,11,15,17-18,20,24-25,49H,4-7,9-10,12-14,16,19,21-23,26-48H2,1-3H3/b11-8-,18-15-,20-17-,25-24-. The molecule has 1 atom stereocenters. The Labute approximate surface area is 358 Å². The summed E-state index contributed by atoms with van der Waals surface area (Å²) in [5, 5.41) is 0. The molecule has 0 saturated heterocycles. The molecule has 0 heterocycles. The van der Waals surface area contributed by atoms with E-state index in [1.165, 1.54) is 109 Å². The van der Waals surface area contributed by atoms with Crippen LogP contribution in [0.15, 0.2) is 48.6 Å². The van der Waals surface area contributed by atoms with Crippen molar-refractivity contribution in [2.24, 2.45) is 0 Å². The van der Waals surface area contributed by atoms with E-state index >= 15 is 0 Å². The van der Waals surface area contributed by atoms with Crippen molar-refractivity contribution in [3.63, 3.8) is 0 Å². The third kappa shape index (κ3) is 44.5. The maximum absolute atomic E-state index is 12.7. The second-order valence-electron chi connectivity index (χ2n) is 16.3. The number of rotatable bonds is 44. The first-order valence-corrected chi connectivity index (χ1v) is 24.6. The lowest BCUT2D eigenvalue weighted by molar-refractivity contribution is -0.167. The summed E-state index contributed by atoms with van der Waals surface area (Å²) >= 11 is 0. The average molecular weight is 813 g/mol. The molecule has 0 fully saturated rings. The number of unbranched alkanes of at least 4 members (excludes halogenated alkanes) is 25. The number of allylic oxidation sites excluding steroid dienone is 8. The first-order chi connectivity index (χ1) is 28.5. The molecule has 0 aliphatic rings. The van der Waals surface area contributed by atoms with Gasteiger partial charge in [0.2, 0.25) is 0 Å². The summed E-state index contributed by atoms with van der Waals surface area (Å²) < 4.78 is 16.7. The van der Waals surface area contributed by atoms with Gasteiger partial charge in [-0.1, -0.05) is 185 Å². The molecule has 1 unspecified atom stereocenters. The van der Waals surface area contributed by atoms with E-state index in [-0.39, 0.29) is 31.1 Å². The summed E-state index contributed by atoms with van der Waals surface area (Å²) in [6.45, 7) is 6.46. The molecule has 0 radical (unpaired) electrons.